The molecule has 0 aromatic heterocycles. The first-order valence-electron chi connectivity index (χ1n) is 0.500. The molecule has 0 aromatic carbocycles. The standard InChI is InChI=1S/Ag.Mo.3S. The predicted octanol–water partition coefficient (Wildman–Crippen LogP) is 1.94. The summed E-state index contributed by atoms with van der Waals surface area (Å²) in [6.45, 7) is 0. The second-order valence-electron chi connectivity index (χ2n) is 0.204. The van der Waals surface area contributed by atoms with Crippen LogP contribution in [0.1, 0.15) is 0 Å². The van der Waals surface area contributed by atoms with Crippen LogP contribution in [0.4, 0.5) is 0 Å². The minimum atomic E-state index is -1.61. The van der Waals surface area contributed by atoms with Gasteiger partial charge in [0.2, 0.25) is 0 Å². The van der Waals surface area contributed by atoms with Crippen molar-refractivity contribution in [2.24, 2.45) is 0 Å². The van der Waals surface area contributed by atoms with E-state index in [4.69, 9.17) is 0 Å². The van der Waals surface area contributed by atoms with E-state index in [1.165, 1.54) is 0 Å². The zero-order valence-electron chi connectivity index (χ0n) is 1.93. The molecule has 0 aliphatic heterocycles. The third-order valence-corrected chi connectivity index (χ3v) is 0. The van der Waals surface area contributed by atoms with Gasteiger partial charge in [-0.25, -0.2) is 0 Å². The van der Waals surface area contributed by atoms with E-state index in [-0.39, 0.29) is 22.4 Å². The monoisotopic (exact) mass is 301 g/mol. The van der Waals surface area contributed by atoms with Gasteiger partial charge >= 0.3 is 41.3 Å². The van der Waals surface area contributed by atoms with Crippen LogP contribution in [0.2, 0.25) is 0 Å². The van der Waals surface area contributed by atoms with Crippen molar-refractivity contribution < 1.29 is 34.2 Å². The molecule has 0 bridgehead atoms. The van der Waals surface area contributed by atoms with Crippen LogP contribution in [0.25, 0.3) is 0 Å². The van der Waals surface area contributed by atoms with Gasteiger partial charge in [-0.15, -0.1) is 0 Å². The summed E-state index contributed by atoms with van der Waals surface area (Å²) in [6.07, 6.45) is 0. The summed E-state index contributed by atoms with van der Waals surface area (Å²) in [6, 6.07) is 0. The summed E-state index contributed by atoms with van der Waals surface area (Å²) in [5.74, 6) is 0. The van der Waals surface area contributed by atoms with Crippen LogP contribution < -0.4 is 0 Å². The first-order chi connectivity index (χ1) is 1.73. The molecule has 0 aliphatic carbocycles. The van der Waals surface area contributed by atoms with E-state index in [1.54, 1.807) is 0 Å². The summed E-state index contributed by atoms with van der Waals surface area (Å²) in [4.78, 5) is 0. The molecule has 0 fully saturated rings. The van der Waals surface area contributed by atoms with Gasteiger partial charge in [-0.05, 0) is 0 Å². The Balaban J connectivity index is 0. The van der Waals surface area contributed by atoms with Crippen LogP contribution in [0.3, 0.4) is 0 Å². The number of rotatable bonds is 0. The van der Waals surface area contributed by atoms with E-state index in [1.807, 2.05) is 0 Å². The molecule has 0 unspecified atom stereocenters. The van der Waals surface area contributed by atoms with E-state index in [9.17, 15) is 0 Å². The molecule has 0 heterocycles. The van der Waals surface area contributed by atoms with Gasteiger partial charge in [-0.1, -0.05) is 0 Å². The van der Waals surface area contributed by atoms with Crippen molar-refractivity contribution in [3.05, 3.63) is 0 Å². The van der Waals surface area contributed by atoms with Crippen molar-refractivity contribution in [3.63, 3.8) is 0 Å². The molecule has 0 spiro atoms. The predicted molar refractivity (Wildman–Crippen MR) is 22.8 cm³/mol. The van der Waals surface area contributed by atoms with E-state index >= 15 is 0 Å². The van der Waals surface area contributed by atoms with E-state index < -0.39 is 11.9 Å². The first-order valence-corrected chi connectivity index (χ1v) is 8.87. The Labute approximate surface area is 62.7 Å². The molecular weight excluding hydrogens is 300 g/mol. The van der Waals surface area contributed by atoms with Gasteiger partial charge in [-0.3, -0.25) is 0 Å². The fraction of sp³-hybridized carbons (Fsp3) is 0. The van der Waals surface area contributed by atoms with Crippen LogP contribution in [-0.4, -0.2) is 0 Å². The van der Waals surface area contributed by atoms with Crippen molar-refractivity contribution in [2.75, 3.05) is 0 Å². The molecule has 0 saturated heterocycles. The van der Waals surface area contributed by atoms with Gasteiger partial charge in [0.05, 0.1) is 0 Å². The van der Waals surface area contributed by atoms with Crippen molar-refractivity contribution in [1.82, 2.24) is 0 Å². The average Bonchev–Trinajstić information content (AvgIpc) is 0.811. The first kappa shape index (κ1) is 10.1. The van der Waals surface area contributed by atoms with Gasteiger partial charge in [0.15, 0.2) is 0 Å². The fourth-order valence-corrected chi connectivity index (χ4v) is 0. The van der Waals surface area contributed by atoms with Gasteiger partial charge in [0.1, 0.15) is 0 Å². The minimum absolute atomic E-state index is 0. The third-order valence-electron chi connectivity index (χ3n) is 0. The zero-order valence-corrected chi connectivity index (χ0v) is 7.87. The normalized spacial score (nSPS) is 4.80. The van der Waals surface area contributed by atoms with E-state index in [0.717, 1.165) is 0 Å². The Hall–Kier alpha value is 2.09. The second-order valence-corrected chi connectivity index (χ2v) is 10.9. The molecular formula is AgMoS3. The molecule has 0 atom stereocenters. The Morgan fingerprint density at radius 1 is 1.00 bits per heavy atom. The molecule has 35 valence electrons. The van der Waals surface area contributed by atoms with Crippen molar-refractivity contribution >= 4 is 29.5 Å². The maximum absolute atomic E-state index is 4.42. The zero-order chi connectivity index (χ0) is 3.58. The molecule has 0 nitrogen and oxygen atoms in total. The Morgan fingerprint density at radius 2 is 1.00 bits per heavy atom. The number of hydrogen-bond acceptors (Lipinski definition) is 3. The van der Waals surface area contributed by atoms with Crippen LogP contribution >= 0.6 is 29.5 Å². The van der Waals surface area contributed by atoms with Gasteiger partial charge in [-0.2, -0.15) is 0 Å². The molecule has 0 saturated carbocycles. The van der Waals surface area contributed by atoms with Crippen molar-refractivity contribution in [3.8, 4) is 0 Å². The maximum atomic E-state index is 4.42. The Kier molecular flexibility index (Phi) is 12.4. The van der Waals surface area contributed by atoms with Crippen LogP contribution in [-0.2, 0) is 34.2 Å². The van der Waals surface area contributed by atoms with Crippen molar-refractivity contribution in [1.29, 1.82) is 0 Å². The molecule has 0 aromatic rings. The topological polar surface area (TPSA) is 0 Å². The average molecular weight is 300 g/mol. The molecule has 0 amide bonds. The van der Waals surface area contributed by atoms with Crippen LogP contribution in [0, 0.1) is 0 Å². The van der Waals surface area contributed by atoms with Crippen molar-refractivity contribution in [2.45, 2.75) is 0 Å². The summed E-state index contributed by atoms with van der Waals surface area (Å²) in [5, 5.41) is 0. The summed E-state index contributed by atoms with van der Waals surface area (Å²) in [7, 11) is 13.3. The molecule has 5 heteroatoms. The Bertz CT molecular complexity index is 76.3. The summed E-state index contributed by atoms with van der Waals surface area (Å²) < 4.78 is 0. The Morgan fingerprint density at radius 3 is 1.00 bits per heavy atom. The molecule has 1 radical (unpaired) electrons. The third kappa shape index (κ3) is 23.3. The SMILES string of the molecule is [Ag].[S]=[Mo](=[S])=[S]. The second kappa shape index (κ2) is 6.09. The van der Waals surface area contributed by atoms with E-state index in [2.05, 4.69) is 29.5 Å². The number of hydrogen-bond donors (Lipinski definition) is 0. The van der Waals surface area contributed by atoms with Gasteiger partial charge in [0, 0.05) is 22.4 Å². The summed E-state index contributed by atoms with van der Waals surface area (Å²) >= 11 is -1.61. The molecule has 0 rings (SSSR count). The van der Waals surface area contributed by atoms with Gasteiger partial charge < -0.3 is 0 Å². The van der Waals surface area contributed by atoms with E-state index in [0.29, 0.717) is 0 Å². The molecule has 5 heavy (non-hydrogen) atoms. The van der Waals surface area contributed by atoms with Crippen LogP contribution in [0.15, 0.2) is 0 Å². The fourth-order valence-electron chi connectivity index (χ4n) is 0. The quantitative estimate of drug-likeness (QED) is 0.628. The molecule has 0 N–H and O–H groups in total. The summed E-state index contributed by atoms with van der Waals surface area (Å²) in [5.41, 5.74) is 0. The van der Waals surface area contributed by atoms with Gasteiger partial charge in [0.25, 0.3) is 0 Å². The molecule has 0 aliphatic rings. The van der Waals surface area contributed by atoms with Crippen LogP contribution in [0.5, 0.6) is 0 Å².